The number of benzene rings is 1. The lowest BCUT2D eigenvalue weighted by Crippen LogP contribution is -2.46. The van der Waals surface area contributed by atoms with Crippen molar-refractivity contribution in [3.63, 3.8) is 0 Å². The second-order valence-electron chi connectivity index (χ2n) is 7.15. The summed E-state index contributed by atoms with van der Waals surface area (Å²) in [5.41, 5.74) is 7.08. The van der Waals surface area contributed by atoms with Crippen molar-refractivity contribution >= 4 is 34.2 Å². The van der Waals surface area contributed by atoms with Crippen LogP contribution in [0.1, 0.15) is 37.7 Å². The van der Waals surface area contributed by atoms with Crippen molar-refractivity contribution in [1.82, 2.24) is 5.32 Å². The van der Waals surface area contributed by atoms with Crippen molar-refractivity contribution in [3.05, 3.63) is 34.3 Å². The minimum absolute atomic E-state index is 0. The molecule has 1 aliphatic carbocycles. The van der Waals surface area contributed by atoms with Gasteiger partial charge in [-0.3, -0.25) is 4.79 Å². The van der Waals surface area contributed by atoms with Gasteiger partial charge in [0, 0.05) is 35.6 Å². The summed E-state index contributed by atoms with van der Waals surface area (Å²) in [5, 5.41) is 3.25. The maximum atomic E-state index is 12.7. The first-order valence-electron chi connectivity index (χ1n) is 8.96. The van der Waals surface area contributed by atoms with E-state index in [-0.39, 0.29) is 29.6 Å². The minimum Gasteiger partial charge on any atom is -0.381 e. The third-order valence-corrected chi connectivity index (χ3v) is 6.28. The quantitative estimate of drug-likeness (QED) is 0.751. The van der Waals surface area contributed by atoms with Crippen LogP contribution < -0.4 is 11.1 Å². The predicted octanol–water partition coefficient (Wildman–Crippen LogP) is 3.41. The predicted molar refractivity (Wildman–Crippen MR) is 106 cm³/mol. The molecule has 4 nitrogen and oxygen atoms in total. The van der Waals surface area contributed by atoms with Crippen LogP contribution in [0.15, 0.2) is 28.7 Å². The van der Waals surface area contributed by atoms with Crippen LogP contribution in [0.3, 0.4) is 0 Å². The summed E-state index contributed by atoms with van der Waals surface area (Å²) in [5.74, 6) is 0.625. The monoisotopic (exact) mass is 430 g/mol. The molecule has 1 amide bonds. The molecule has 2 fully saturated rings. The average molecular weight is 432 g/mol. The van der Waals surface area contributed by atoms with E-state index in [9.17, 15) is 4.79 Å². The largest absolute Gasteiger partial charge is 0.381 e. The van der Waals surface area contributed by atoms with E-state index in [2.05, 4.69) is 39.4 Å². The standard InChI is InChI=1S/C19H27BrN2O2.ClH/c20-16-5-2-4-15(11-16)19(7-9-24-10-8-19)13-22-18(23)17-6-1-3-14(17)12-21;/h2,4-5,11,14,17H,1,3,6-10,12-13,21H2,(H,22,23);1H/t14-,17-;/m1./s1. The maximum absolute atomic E-state index is 12.7. The molecule has 1 heterocycles. The van der Waals surface area contributed by atoms with E-state index in [1.807, 2.05) is 6.07 Å². The van der Waals surface area contributed by atoms with E-state index in [1.54, 1.807) is 0 Å². The van der Waals surface area contributed by atoms with Gasteiger partial charge in [0.2, 0.25) is 5.91 Å². The van der Waals surface area contributed by atoms with Crippen LogP contribution in [0.25, 0.3) is 0 Å². The number of rotatable bonds is 5. The van der Waals surface area contributed by atoms with Crippen LogP contribution in [0.5, 0.6) is 0 Å². The van der Waals surface area contributed by atoms with Crippen molar-refractivity contribution in [3.8, 4) is 0 Å². The number of halogens is 2. The molecule has 0 bridgehead atoms. The lowest BCUT2D eigenvalue weighted by Gasteiger charge is -2.38. The number of hydrogen-bond acceptors (Lipinski definition) is 3. The van der Waals surface area contributed by atoms with Gasteiger partial charge in [-0.1, -0.05) is 34.5 Å². The SMILES string of the molecule is Cl.NC[C@H]1CCC[C@H]1C(=O)NCC1(c2cccc(Br)c2)CCOCC1. The molecule has 3 N–H and O–H groups in total. The highest BCUT2D eigenvalue weighted by molar-refractivity contribution is 9.10. The molecule has 140 valence electrons. The Bertz CT molecular complexity index is 578. The summed E-state index contributed by atoms with van der Waals surface area (Å²) < 4.78 is 6.66. The van der Waals surface area contributed by atoms with Gasteiger partial charge in [-0.25, -0.2) is 0 Å². The van der Waals surface area contributed by atoms with Crippen molar-refractivity contribution in [2.45, 2.75) is 37.5 Å². The van der Waals surface area contributed by atoms with Gasteiger partial charge < -0.3 is 15.8 Å². The first-order valence-corrected chi connectivity index (χ1v) is 9.75. The van der Waals surface area contributed by atoms with Crippen LogP contribution in [0.2, 0.25) is 0 Å². The molecule has 6 heteroatoms. The summed E-state index contributed by atoms with van der Waals surface area (Å²) in [7, 11) is 0. The topological polar surface area (TPSA) is 64.4 Å². The average Bonchev–Trinajstić information content (AvgIpc) is 3.09. The Labute approximate surface area is 164 Å². The van der Waals surface area contributed by atoms with Gasteiger partial charge in [0.25, 0.3) is 0 Å². The fourth-order valence-electron chi connectivity index (χ4n) is 4.20. The summed E-state index contributed by atoms with van der Waals surface area (Å²) in [6, 6.07) is 8.45. The van der Waals surface area contributed by atoms with Gasteiger partial charge in [-0.05, 0) is 55.8 Å². The fourth-order valence-corrected chi connectivity index (χ4v) is 4.60. The van der Waals surface area contributed by atoms with Crippen LogP contribution in [0, 0.1) is 11.8 Å². The van der Waals surface area contributed by atoms with Crippen molar-refractivity contribution in [1.29, 1.82) is 0 Å². The number of amides is 1. The molecule has 1 aliphatic heterocycles. The molecule has 2 atom stereocenters. The van der Waals surface area contributed by atoms with Crippen LogP contribution in [0.4, 0.5) is 0 Å². The second kappa shape index (κ2) is 9.36. The normalized spacial score (nSPS) is 25.2. The van der Waals surface area contributed by atoms with Crippen LogP contribution >= 0.6 is 28.3 Å². The van der Waals surface area contributed by atoms with E-state index < -0.39 is 0 Å². The first kappa shape index (κ1) is 20.7. The van der Waals surface area contributed by atoms with Gasteiger partial charge in [0.15, 0.2) is 0 Å². The fraction of sp³-hybridized carbons (Fsp3) is 0.632. The third kappa shape index (κ3) is 4.76. The molecular formula is C19H28BrClN2O2. The van der Waals surface area contributed by atoms with Gasteiger partial charge in [-0.15, -0.1) is 12.4 Å². The first-order chi connectivity index (χ1) is 11.6. The van der Waals surface area contributed by atoms with E-state index in [0.29, 0.717) is 19.0 Å². The molecule has 25 heavy (non-hydrogen) atoms. The lowest BCUT2D eigenvalue weighted by molar-refractivity contribution is -0.126. The number of ether oxygens (including phenoxy) is 1. The highest BCUT2D eigenvalue weighted by Crippen LogP contribution is 2.36. The highest BCUT2D eigenvalue weighted by atomic mass is 79.9. The Kier molecular flexibility index (Phi) is 7.74. The number of carbonyl (C=O) groups excluding carboxylic acids is 1. The molecule has 1 saturated carbocycles. The highest BCUT2D eigenvalue weighted by Gasteiger charge is 2.37. The second-order valence-corrected chi connectivity index (χ2v) is 8.07. The molecule has 1 aromatic rings. The van der Waals surface area contributed by atoms with E-state index in [1.165, 1.54) is 5.56 Å². The zero-order valence-electron chi connectivity index (χ0n) is 14.5. The van der Waals surface area contributed by atoms with Crippen molar-refractivity contribution in [2.24, 2.45) is 17.6 Å². The summed E-state index contributed by atoms with van der Waals surface area (Å²) in [4.78, 5) is 12.7. The maximum Gasteiger partial charge on any atom is 0.223 e. The van der Waals surface area contributed by atoms with Gasteiger partial charge in [0.05, 0.1) is 0 Å². The smallest absolute Gasteiger partial charge is 0.223 e. The van der Waals surface area contributed by atoms with Crippen molar-refractivity contribution in [2.75, 3.05) is 26.3 Å². The lowest BCUT2D eigenvalue weighted by atomic mass is 9.74. The molecule has 0 aromatic heterocycles. The Hall–Kier alpha value is -0.620. The Morgan fingerprint density at radius 1 is 1.32 bits per heavy atom. The molecule has 1 aromatic carbocycles. The molecule has 2 aliphatic rings. The van der Waals surface area contributed by atoms with E-state index in [4.69, 9.17) is 10.5 Å². The van der Waals surface area contributed by atoms with Crippen LogP contribution in [-0.4, -0.2) is 32.2 Å². The Morgan fingerprint density at radius 2 is 2.08 bits per heavy atom. The number of nitrogens with two attached hydrogens (primary N) is 1. The molecule has 0 unspecified atom stereocenters. The van der Waals surface area contributed by atoms with Gasteiger partial charge in [-0.2, -0.15) is 0 Å². The number of hydrogen-bond donors (Lipinski definition) is 2. The summed E-state index contributed by atoms with van der Waals surface area (Å²) in [6.07, 6.45) is 5.05. The Morgan fingerprint density at radius 3 is 2.76 bits per heavy atom. The summed E-state index contributed by atoms with van der Waals surface area (Å²) >= 11 is 3.57. The van der Waals surface area contributed by atoms with Crippen LogP contribution in [-0.2, 0) is 14.9 Å². The zero-order valence-corrected chi connectivity index (χ0v) is 16.9. The molecule has 0 radical (unpaired) electrons. The third-order valence-electron chi connectivity index (χ3n) is 5.79. The molecule has 1 saturated heterocycles. The zero-order chi connectivity index (χ0) is 17.0. The Balaban J connectivity index is 0.00000225. The molecule has 3 rings (SSSR count). The summed E-state index contributed by atoms with van der Waals surface area (Å²) in [6.45, 7) is 2.79. The van der Waals surface area contributed by atoms with E-state index >= 15 is 0 Å². The van der Waals surface area contributed by atoms with E-state index in [0.717, 1.165) is 49.8 Å². The van der Waals surface area contributed by atoms with Crippen molar-refractivity contribution < 1.29 is 9.53 Å². The molecular weight excluding hydrogens is 404 g/mol. The minimum atomic E-state index is -0.0332. The van der Waals surface area contributed by atoms with Gasteiger partial charge >= 0.3 is 0 Å². The van der Waals surface area contributed by atoms with Gasteiger partial charge in [0.1, 0.15) is 0 Å². The number of nitrogens with one attached hydrogen (secondary N) is 1. The number of carbonyl (C=O) groups is 1. The molecule has 0 spiro atoms.